The van der Waals surface area contributed by atoms with Crippen LogP contribution in [0.3, 0.4) is 0 Å². The van der Waals surface area contributed by atoms with Gasteiger partial charge in [-0.15, -0.1) is 0 Å². The number of likely N-dealkylation sites (N-methyl/N-ethyl adjacent to an activating group) is 1. The molecule has 8 nitrogen and oxygen atoms in total. The van der Waals surface area contributed by atoms with Crippen molar-refractivity contribution in [1.82, 2.24) is 14.8 Å². The Hall–Kier alpha value is -3.52. The number of alkyl halides is 3. The van der Waals surface area contributed by atoms with Gasteiger partial charge in [-0.3, -0.25) is 4.79 Å². The van der Waals surface area contributed by atoms with Crippen molar-refractivity contribution in [2.75, 3.05) is 38.1 Å². The van der Waals surface area contributed by atoms with Crippen molar-refractivity contribution in [3.63, 3.8) is 0 Å². The lowest BCUT2D eigenvalue weighted by Crippen LogP contribution is -2.46. The Morgan fingerprint density at radius 2 is 1.82 bits per heavy atom. The summed E-state index contributed by atoms with van der Waals surface area (Å²) in [7, 11) is 1.40. The molecule has 2 aromatic rings. The Labute approximate surface area is 229 Å². The van der Waals surface area contributed by atoms with Crippen LogP contribution >= 0.6 is 11.6 Å². The molecule has 3 heterocycles. The fourth-order valence-electron chi connectivity index (χ4n) is 5.09. The van der Waals surface area contributed by atoms with E-state index >= 15 is 0 Å². The summed E-state index contributed by atoms with van der Waals surface area (Å²) in [5, 5.41) is 9.49. The van der Waals surface area contributed by atoms with Crippen LogP contribution in [0.25, 0.3) is 0 Å². The average molecular weight is 564 g/mol. The third-order valence-electron chi connectivity index (χ3n) is 7.47. The van der Waals surface area contributed by atoms with Gasteiger partial charge < -0.3 is 19.4 Å². The molecule has 0 radical (unpaired) electrons. The van der Waals surface area contributed by atoms with Gasteiger partial charge in [0.25, 0.3) is 0 Å². The maximum Gasteiger partial charge on any atom is 0.425 e. The van der Waals surface area contributed by atoms with Crippen LogP contribution in [0.4, 0.5) is 23.8 Å². The van der Waals surface area contributed by atoms with Gasteiger partial charge >= 0.3 is 12.3 Å². The van der Waals surface area contributed by atoms with Crippen molar-refractivity contribution in [3.8, 4) is 6.07 Å². The molecule has 1 aromatic heterocycles. The number of carbonyl (C=O) groups is 2. The van der Waals surface area contributed by atoms with E-state index in [4.69, 9.17) is 16.9 Å². The predicted molar refractivity (Wildman–Crippen MR) is 138 cm³/mol. The fourth-order valence-corrected chi connectivity index (χ4v) is 5.21. The number of nitriles is 1. The predicted octanol–water partition coefficient (Wildman–Crippen LogP) is 4.84. The van der Waals surface area contributed by atoms with Gasteiger partial charge in [0.05, 0.1) is 11.6 Å². The second kappa shape index (κ2) is 11.7. The first kappa shape index (κ1) is 28.5. The maximum absolute atomic E-state index is 13.6. The molecule has 3 atom stereocenters. The minimum absolute atomic E-state index is 0.0469. The SMILES string of the molecule is CC(OC(=O)N(C)C1CN(C(=O)C2CCN(c3ccc(C#N)cn3)CC2)CC1c1ccc(Cl)cc1)C(F)(F)F. The van der Waals surface area contributed by atoms with Gasteiger partial charge in [-0.1, -0.05) is 23.7 Å². The van der Waals surface area contributed by atoms with E-state index in [9.17, 15) is 22.8 Å². The Morgan fingerprint density at radius 1 is 1.15 bits per heavy atom. The highest BCUT2D eigenvalue weighted by atomic mass is 35.5. The molecular weight excluding hydrogens is 535 g/mol. The van der Waals surface area contributed by atoms with Gasteiger partial charge in [0.2, 0.25) is 5.91 Å². The van der Waals surface area contributed by atoms with E-state index in [1.54, 1.807) is 41.3 Å². The van der Waals surface area contributed by atoms with E-state index in [0.717, 1.165) is 23.2 Å². The zero-order valence-electron chi connectivity index (χ0n) is 21.6. The van der Waals surface area contributed by atoms with Crippen molar-refractivity contribution in [2.24, 2.45) is 5.92 Å². The monoisotopic (exact) mass is 563 g/mol. The highest BCUT2D eigenvalue weighted by Crippen LogP contribution is 2.34. The van der Waals surface area contributed by atoms with Crippen molar-refractivity contribution in [3.05, 3.63) is 58.7 Å². The van der Waals surface area contributed by atoms with Gasteiger partial charge in [-0.25, -0.2) is 9.78 Å². The minimum atomic E-state index is -4.67. The molecule has 12 heteroatoms. The van der Waals surface area contributed by atoms with E-state index in [1.807, 2.05) is 6.07 Å². The maximum atomic E-state index is 13.6. The molecule has 1 aromatic carbocycles. The van der Waals surface area contributed by atoms with E-state index in [1.165, 1.54) is 13.2 Å². The van der Waals surface area contributed by atoms with Gasteiger partial charge in [0.1, 0.15) is 11.9 Å². The Bertz CT molecular complexity index is 1210. The molecule has 208 valence electrons. The number of benzene rings is 1. The normalized spacial score (nSPS) is 20.8. The number of pyridine rings is 1. The molecule has 3 unspecified atom stereocenters. The quantitative estimate of drug-likeness (QED) is 0.517. The largest absolute Gasteiger partial charge is 0.437 e. The summed E-state index contributed by atoms with van der Waals surface area (Å²) in [5.74, 6) is 0.145. The summed E-state index contributed by atoms with van der Waals surface area (Å²) in [6.45, 7) is 2.51. The minimum Gasteiger partial charge on any atom is -0.437 e. The standard InChI is InChI=1S/C27H29ClF3N5O3/c1-17(27(29,30)31)39-26(38)34(2)23-16-36(15-22(23)19-4-6-21(28)7-5-19)25(37)20-9-11-35(12-10-20)24-8-3-18(13-32)14-33-24/h3-8,14,17,20,22-23H,9-12,15-16H2,1-2H3. The summed E-state index contributed by atoms with van der Waals surface area (Å²) >= 11 is 6.04. The van der Waals surface area contributed by atoms with Crippen LogP contribution < -0.4 is 4.90 Å². The first-order valence-corrected chi connectivity index (χ1v) is 13.0. The highest BCUT2D eigenvalue weighted by Gasteiger charge is 2.44. The number of piperidine rings is 1. The first-order chi connectivity index (χ1) is 18.5. The summed E-state index contributed by atoms with van der Waals surface area (Å²) in [6, 6.07) is 12.0. The number of rotatable bonds is 5. The van der Waals surface area contributed by atoms with E-state index in [-0.39, 0.29) is 24.3 Å². The van der Waals surface area contributed by atoms with Crippen LogP contribution in [0.2, 0.25) is 5.02 Å². The van der Waals surface area contributed by atoms with Crippen LogP contribution in [0, 0.1) is 17.2 Å². The molecule has 2 amide bonds. The topological polar surface area (TPSA) is 89.8 Å². The molecule has 2 aliphatic rings. The van der Waals surface area contributed by atoms with Gasteiger partial charge in [0.15, 0.2) is 6.10 Å². The summed E-state index contributed by atoms with van der Waals surface area (Å²) < 4.78 is 43.7. The molecule has 0 aliphatic carbocycles. The van der Waals surface area contributed by atoms with E-state index in [0.29, 0.717) is 43.1 Å². The molecule has 2 aliphatic heterocycles. The molecule has 0 N–H and O–H groups in total. The van der Waals surface area contributed by atoms with Crippen LogP contribution in [-0.2, 0) is 9.53 Å². The van der Waals surface area contributed by atoms with Gasteiger partial charge in [-0.05, 0) is 49.6 Å². The Morgan fingerprint density at radius 3 is 2.38 bits per heavy atom. The smallest absolute Gasteiger partial charge is 0.425 e. The number of halogens is 4. The van der Waals surface area contributed by atoms with Gasteiger partial charge in [-0.2, -0.15) is 18.4 Å². The Kier molecular flexibility index (Phi) is 8.54. The van der Waals surface area contributed by atoms with Crippen molar-refractivity contribution < 1.29 is 27.5 Å². The highest BCUT2D eigenvalue weighted by molar-refractivity contribution is 6.30. The van der Waals surface area contributed by atoms with Crippen molar-refractivity contribution in [2.45, 2.75) is 44.0 Å². The molecule has 2 fully saturated rings. The fraction of sp³-hybridized carbons (Fsp3) is 0.481. The van der Waals surface area contributed by atoms with E-state index in [2.05, 4.69) is 14.6 Å². The number of likely N-dealkylation sites (tertiary alicyclic amines) is 1. The molecule has 4 rings (SSSR count). The van der Waals surface area contributed by atoms with Gasteiger partial charge in [0, 0.05) is 56.3 Å². The molecule has 0 bridgehead atoms. The molecule has 0 saturated carbocycles. The summed E-state index contributed by atoms with van der Waals surface area (Å²) in [6.07, 6.45) is -5.29. The number of hydrogen-bond donors (Lipinski definition) is 0. The summed E-state index contributed by atoms with van der Waals surface area (Å²) in [5.41, 5.74) is 1.30. The molecule has 0 spiro atoms. The lowest BCUT2D eigenvalue weighted by atomic mass is 9.93. The third kappa shape index (κ3) is 6.56. The zero-order valence-corrected chi connectivity index (χ0v) is 22.3. The number of ether oxygens (including phenoxy) is 1. The molecule has 2 saturated heterocycles. The lowest BCUT2D eigenvalue weighted by molar-refractivity contribution is -0.199. The molecule has 39 heavy (non-hydrogen) atoms. The van der Waals surface area contributed by atoms with Crippen molar-refractivity contribution in [1.29, 1.82) is 5.26 Å². The zero-order chi connectivity index (χ0) is 28.3. The number of aromatic nitrogens is 1. The first-order valence-electron chi connectivity index (χ1n) is 12.6. The van der Waals surface area contributed by atoms with Crippen LogP contribution in [0.15, 0.2) is 42.6 Å². The number of carbonyl (C=O) groups excluding carboxylic acids is 2. The van der Waals surface area contributed by atoms with Crippen molar-refractivity contribution >= 4 is 29.4 Å². The molecular formula is C27H29ClF3N5O3. The second-order valence-electron chi connectivity index (χ2n) is 9.93. The van der Waals surface area contributed by atoms with Crippen LogP contribution in [0.1, 0.15) is 36.8 Å². The third-order valence-corrected chi connectivity index (χ3v) is 7.72. The van der Waals surface area contributed by atoms with Crippen LogP contribution in [0.5, 0.6) is 0 Å². The lowest BCUT2D eigenvalue weighted by Gasteiger charge is -2.34. The number of anilines is 1. The number of amides is 2. The van der Waals surface area contributed by atoms with Crippen LogP contribution in [-0.4, -0.2) is 78.3 Å². The summed E-state index contributed by atoms with van der Waals surface area (Å²) in [4.78, 5) is 35.5. The number of hydrogen-bond acceptors (Lipinski definition) is 6. The van der Waals surface area contributed by atoms with E-state index < -0.39 is 24.4 Å². The Balaban J connectivity index is 1.45. The number of nitrogens with zero attached hydrogens (tertiary/aromatic N) is 5. The second-order valence-corrected chi connectivity index (χ2v) is 10.4. The average Bonchev–Trinajstić information content (AvgIpc) is 3.37.